The molecule has 1 heterocycles. The molecule has 1 aromatic heterocycles. The molecule has 0 aliphatic rings. The summed E-state index contributed by atoms with van der Waals surface area (Å²) >= 11 is 0. The van der Waals surface area contributed by atoms with Crippen molar-refractivity contribution in [2.75, 3.05) is 0 Å². The molecule has 0 aliphatic heterocycles. The fourth-order valence-electron chi connectivity index (χ4n) is 1.69. The van der Waals surface area contributed by atoms with Crippen LogP contribution in [0.15, 0.2) is 49.0 Å². The number of aryl methyl sites for hydroxylation is 1. The highest BCUT2D eigenvalue weighted by Gasteiger charge is 2.07. The molecule has 0 aliphatic carbocycles. The van der Waals surface area contributed by atoms with E-state index in [1.807, 2.05) is 6.92 Å². The Bertz CT molecular complexity index is 549. The first-order valence-corrected chi connectivity index (χ1v) is 6.10. The van der Waals surface area contributed by atoms with Crippen molar-refractivity contribution in [2.45, 2.75) is 19.5 Å². The molecule has 4 heteroatoms. The molecule has 0 saturated carbocycles. The number of halogens is 1. The number of nitrogens with zero attached hydrogens (tertiary/aromatic N) is 2. The molecule has 3 nitrogen and oxygen atoms in total. The topological polar surface area (TPSA) is 46.0 Å². The fourth-order valence-corrected chi connectivity index (χ4v) is 1.69. The van der Waals surface area contributed by atoms with Gasteiger partial charge in [0.2, 0.25) is 0 Å². The van der Waals surface area contributed by atoms with Crippen LogP contribution in [-0.2, 0) is 6.42 Å². The first-order valence-electron chi connectivity index (χ1n) is 6.10. The number of benzene rings is 1. The number of aliphatic hydroxyl groups excluding tert-OH is 1. The SMILES string of the molecule is CCc1cnc(-c2ccc(C(F)/C=C\O)cc2)nc1. The summed E-state index contributed by atoms with van der Waals surface area (Å²) in [4.78, 5) is 8.54. The van der Waals surface area contributed by atoms with E-state index >= 15 is 0 Å². The molecule has 2 aromatic rings. The van der Waals surface area contributed by atoms with Gasteiger partial charge in [-0.2, -0.15) is 0 Å². The van der Waals surface area contributed by atoms with Gasteiger partial charge in [0.1, 0.15) is 6.17 Å². The number of alkyl halides is 1. The second kappa shape index (κ2) is 6.09. The number of rotatable bonds is 4. The predicted molar refractivity (Wildman–Crippen MR) is 72.5 cm³/mol. The van der Waals surface area contributed by atoms with E-state index in [-0.39, 0.29) is 0 Å². The summed E-state index contributed by atoms with van der Waals surface area (Å²) in [6.45, 7) is 2.04. The van der Waals surface area contributed by atoms with Crippen LogP contribution in [0, 0.1) is 0 Å². The van der Waals surface area contributed by atoms with E-state index in [9.17, 15) is 4.39 Å². The minimum Gasteiger partial charge on any atom is -0.516 e. The van der Waals surface area contributed by atoms with Crippen molar-refractivity contribution in [2.24, 2.45) is 0 Å². The Balaban J connectivity index is 2.21. The number of hydrogen-bond acceptors (Lipinski definition) is 3. The predicted octanol–water partition coefficient (Wildman–Crippen LogP) is 3.79. The van der Waals surface area contributed by atoms with Crippen molar-refractivity contribution in [1.29, 1.82) is 0 Å². The van der Waals surface area contributed by atoms with Gasteiger partial charge in [0, 0.05) is 18.0 Å². The standard InChI is InChI=1S/C15H15FN2O/c1-2-11-9-17-15(18-10-11)13-5-3-12(4-6-13)14(16)7-8-19/h3-10,14,19H,2H2,1H3/b8-7-. The van der Waals surface area contributed by atoms with Gasteiger partial charge in [-0.05, 0) is 23.6 Å². The Labute approximate surface area is 111 Å². The van der Waals surface area contributed by atoms with Crippen LogP contribution in [0.5, 0.6) is 0 Å². The Morgan fingerprint density at radius 2 is 1.84 bits per heavy atom. The van der Waals surface area contributed by atoms with E-state index in [0.717, 1.165) is 23.6 Å². The van der Waals surface area contributed by atoms with Crippen molar-refractivity contribution in [3.8, 4) is 11.4 Å². The zero-order valence-corrected chi connectivity index (χ0v) is 10.6. The van der Waals surface area contributed by atoms with Crippen LogP contribution in [-0.4, -0.2) is 15.1 Å². The molecule has 0 amide bonds. The summed E-state index contributed by atoms with van der Waals surface area (Å²) in [6, 6.07) is 6.87. The minimum atomic E-state index is -1.30. The molecule has 1 atom stereocenters. The minimum absolute atomic E-state index is 0.485. The van der Waals surface area contributed by atoms with E-state index < -0.39 is 6.17 Å². The van der Waals surface area contributed by atoms with Gasteiger partial charge in [0.05, 0.1) is 6.26 Å². The van der Waals surface area contributed by atoms with E-state index in [2.05, 4.69) is 9.97 Å². The molecule has 19 heavy (non-hydrogen) atoms. The summed E-state index contributed by atoms with van der Waals surface area (Å²) < 4.78 is 13.5. The molecular weight excluding hydrogens is 243 g/mol. The largest absolute Gasteiger partial charge is 0.516 e. The van der Waals surface area contributed by atoms with E-state index in [1.54, 1.807) is 36.7 Å². The third-order valence-corrected chi connectivity index (χ3v) is 2.86. The van der Waals surface area contributed by atoms with Crippen molar-refractivity contribution < 1.29 is 9.50 Å². The Morgan fingerprint density at radius 1 is 1.21 bits per heavy atom. The first-order chi connectivity index (χ1) is 9.24. The monoisotopic (exact) mass is 258 g/mol. The highest BCUT2D eigenvalue weighted by Crippen LogP contribution is 2.22. The molecule has 0 bridgehead atoms. The summed E-state index contributed by atoms with van der Waals surface area (Å²) in [5.74, 6) is 0.622. The van der Waals surface area contributed by atoms with Gasteiger partial charge < -0.3 is 5.11 Å². The first kappa shape index (κ1) is 13.2. The maximum atomic E-state index is 13.5. The van der Waals surface area contributed by atoms with E-state index in [1.165, 1.54) is 0 Å². The summed E-state index contributed by atoms with van der Waals surface area (Å²) in [5, 5.41) is 8.54. The molecule has 98 valence electrons. The molecule has 2 rings (SSSR count). The van der Waals surface area contributed by atoms with Crippen LogP contribution in [0.25, 0.3) is 11.4 Å². The average Bonchev–Trinajstić information content (AvgIpc) is 2.48. The normalized spacial score (nSPS) is 12.7. The molecule has 1 unspecified atom stereocenters. The quantitative estimate of drug-likeness (QED) is 0.849. The molecule has 1 aromatic carbocycles. The van der Waals surface area contributed by atoms with Crippen LogP contribution in [0.3, 0.4) is 0 Å². The summed E-state index contributed by atoms with van der Waals surface area (Å²) in [7, 11) is 0. The third kappa shape index (κ3) is 3.16. The van der Waals surface area contributed by atoms with Crippen LogP contribution >= 0.6 is 0 Å². The summed E-state index contributed by atoms with van der Waals surface area (Å²) in [6.07, 6.45) is 4.98. The second-order valence-electron chi connectivity index (χ2n) is 4.13. The lowest BCUT2D eigenvalue weighted by atomic mass is 10.1. The van der Waals surface area contributed by atoms with Gasteiger partial charge >= 0.3 is 0 Å². The number of allylic oxidation sites excluding steroid dienone is 1. The third-order valence-electron chi connectivity index (χ3n) is 2.86. The molecule has 0 saturated heterocycles. The molecule has 0 spiro atoms. The zero-order chi connectivity index (χ0) is 13.7. The number of aliphatic hydroxyl groups is 1. The Kier molecular flexibility index (Phi) is 4.23. The fraction of sp³-hybridized carbons (Fsp3) is 0.200. The lowest BCUT2D eigenvalue weighted by molar-refractivity contribution is 0.396. The average molecular weight is 258 g/mol. The van der Waals surface area contributed by atoms with Crippen LogP contribution < -0.4 is 0 Å². The lowest BCUT2D eigenvalue weighted by Crippen LogP contribution is -1.92. The van der Waals surface area contributed by atoms with Crippen LogP contribution in [0.2, 0.25) is 0 Å². The lowest BCUT2D eigenvalue weighted by Gasteiger charge is -2.05. The smallest absolute Gasteiger partial charge is 0.159 e. The molecule has 0 radical (unpaired) electrons. The number of aromatic nitrogens is 2. The van der Waals surface area contributed by atoms with Gasteiger partial charge in [-0.3, -0.25) is 0 Å². The van der Waals surface area contributed by atoms with E-state index in [0.29, 0.717) is 17.6 Å². The van der Waals surface area contributed by atoms with Gasteiger partial charge in [0.25, 0.3) is 0 Å². The second-order valence-corrected chi connectivity index (χ2v) is 4.13. The maximum Gasteiger partial charge on any atom is 0.159 e. The number of hydrogen-bond donors (Lipinski definition) is 1. The van der Waals surface area contributed by atoms with E-state index in [4.69, 9.17) is 5.11 Å². The Hall–Kier alpha value is -2.23. The molecule has 1 N–H and O–H groups in total. The summed E-state index contributed by atoms with van der Waals surface area (Å²) in [5.41, 5.74) is 2.41. The molecule has 0 fully saturated rings. The van der Waals surface area contributed by atoms with Crippen molar-refractivity contribution in [3.05, 3.63) is 60.1 Å². The van der Waals surface area contributed by atoms with Gasteiger partial charge in [-0.1, -0.05) is 31.2 Å². The van der Waals surface area contributed by atoms with Crippen LogP contribution in [0.1, 0.15) is 24.2 Å². The highest BCUT2D eigenvalue weighted by molar-refractivity contribution is 5.55. The van der Waals surface area contributed by atoms with Gasteiger partial charge in [0.15, 0.2) is 5.82 Å². The van der Waals surface area contributed by atoms with Crippen molar-refractivity contribution in [1.82, 2.24) is 9.97 Å². The Morgan fingerprint density at radius 3 is 2.37 bits per heavy atom. The molecular formula is C15H15FN2O. The zero-order valence-electron chi connectivity index (χ0n) is 10.6. The van der Waals surface area contributed by atoms with Gasteiger partial charge in [-0.15, -0.1) is 0 Å². The highest BCUT2D eigenvalue weighted by atomic mass is 19.1. The van der Waals surface area contributed by atoms with Crippen molar-refractivity contribution >= 4 is 0 Å². The van der Waals surface area contributed by atoms with Crippen LogP contribution in [0.4, 0.5) is 4.39 Å². The maximum absolute atomic E-state index is 13.5. The van der Waals surface area contributed by atoms with Gasteiger partial charge in [-0.25, -0.2) is 14.4 Å². The van der Waals surface area contributed by atoms with Crippen molar-refractivity contribution in [3.63, 3.8) is 0 Å².